The molecule has 0 aliphatic carbocycles. The van der Waals surface area contributed by atoms with Crippen molar-refractivity contribution in [3.05, 3.63) is 112 Å². The topological polar surface area (TPSA) is 74.5 Å². The predicted molar refractivity (Wildman–Crippen MR) is 163 cm³/mol. The first-order valence-electron chi connectivity index (χ1n) is 13.9. The van der Waals surface area contributed by atoms with E-state index in [-0.39, 0.29) is 23.4 Å². The molecule has 1 aliphatic rings. The van der Waals surface area contributed by atoms with E-state index in [4.69, 9.17) is 5.73 Å². The van der Waals surface area contributed by atoms with Gasteiger partial charge in [0.1, 0.15) is 0 Å². The second kappa shape index (κ2) is 12.7. The number of aryl methyl sites for hydroxylation is 1. The molecule has 3 N–H and O–H groups in total. The number of nitrogen functional groups attached to an aromatic ring is 1. The molecule has 220 valence electrons. The molecule has 1 fully saturated rings. The van der Waals surface area contributed by atoms with E-state index in [0.29, 0.717) is 29.9 Å². The molecular weight excluding hydrogens is 551 g/mol. The molecule has 1 aliphatic heterocycles. The van der Waals surface area contributed by atoms with E-state index in [1.807, 2.05) is 55.3 Å². The van der Waals surface area contributed by atoms with Crippen LogP contribution in [-0.2, 0) is 12.7 Å². The molecule has 0 bridgehead atoms. The van der Waals surface area contributed by atoms with Crippen LogP contribution >= 0.6 is 0 Å². The van der Waals surface area contributed by atoms with Crippen molar-refractivity contribution in [2.24, 2.45) is 0 Å². The number of para-hydroxylation sites is 1. The van der Waals surface area contributed by atoms with E-state index in [1.165, 1.54) is 12.1 Å². The fourth-order valence-electron chi connectivity index (χ4n) is 4.90. The van der Waals surface area contributed by atoms with Crippen LogP contribution in [0.5, 0.6) is 0 Å². The zero-order valence-electron chi connectivity index (χ0n) is 24.0. The molecular formula is C34H32F3N5O. The number of aromatic nitrogens is 1. The molecule has 0 saturated carbocycles. The average molecular weight is 584 g/mol. The number of carbonyl (C=O) groups excluding carboxylic acids is 1. The van der Waals surface area contributed by atoms with E-state index in [2.05, 4.69) is 27.0 Å². The monoisotopic (exact) mass is 583 g/mol. The van der Waals surface area contributed by atoms with Gasteiger partial charge in [-0.2, -0.15) is 13.2 Å². The number of carbonyl (C=O) groups is 1. The molecule has 1 aromatic heterocycles. The smallest absolute Gasteiger partial charge is 0.398 e. The molecule has 0 spiro atoms. The van der Waals surface area contributed by atoms with Crippen molar-refractivity contribution in [1.29, 1.82) is 0 Å². The van der Waals surface area contributed by atoms with Crippen LogP contribution in [0.2, 0.25) is 0 Å². The van der Waals surface area contributed by atoms with Crippen molar-refractivity contribution in [3.63, 3.8) is 0 Å². The number of piperazine rings is 1. The van der Waals surface area contributed by atoms with Crippen LogP contribution in [0, 0.1) is 18.8 Å². The molecule has 5 rings (SSSR count). The van der Waals surface area contributed by atoms with Crippen LogP contribution in [0.15, 0.2) is 79.0 Å². The minimum absolute atomic E-state index is 0.0814. The lowest BCUT2D eigenvalue weighted by Gasteiger charge is -2.33. The Morgan fingerprint density at radius 3 is 2.44 bits per heavy atom. The summed E-state index contributed by atoms with van der Waals surface area (Å²) in [6.07, 6.45) is -2.89. The summed E-state index contributed by atoms with van der Waals surface area (Å²) in [5.74, 6) is 5.64. The highest BCUT2D eigenvalue weighted by Crippen LogP contribution is 2.35. The number of rotatable bonds is 5. The maximum Gasteiger partial charge on any atom is 0.416 e. The van der Waals surface area contributed by atoms with Gasteiger partial charge in [-0.25, -0.2) is 0 Å². The fraction of sp³-hybridized carbons (Fsp3) is 0.235. The summed E-state index contributed by atoms with van der Waals surface area (Å²) in [4.78, 5) is 21.7. The van der Waals surface area contributed by atoms with E-state index < -0.39 is 17.6 Å². The summed E-state index contributed by atoms with van der Waals surface area (Å²) in [6, 6.07) is 20.2. The molecule has 1 saturated heterocycles. The molecule has 2 heterocycles. The van der Waals surface area contributed by atoms with Gasteiger partial charge < -0.3 is 16.0 Å². The van der Waals surface area contributed by atoms with Gasteiger partial charge in [-0.15, -0.1) is 0 Å². The summed E-state index contributed by atoms with van der Waals surface area (Å²) in [7, 11) is 2.00. The highest BCUT2D eigenvalue weighted by molar-refractivity contribution is 6.04. The van der Waals surface area contributed by atoms with Crippen LogP contribution in [-0.4, -0.2) is 53.9 Å². The van der Waals surface area contributed by atoms with Crippen molar-refractivity contribution in [2.45, 2.75) is 19.6 Å². The molecule has 6 nitrogen and oxygen atoms in total. The number of pyridine rings is 1. The minimum atomic E-state index is -4.55. The lowest BCUT2D eigenvalue weighted by molar-refractivity contribution is -0.138. The van der Waals surface area contributed by atoms with Gasteiger partial charge in [-0.1, -0.05) is 42.2 Å². The van der Waals surface area contributed by atoms with E-state index in [1.54, 1.807) is 24.4 Å². The van der Waals surface area contributed by atoms with Gasteiger partial charge in [0.15, 0.2) is 0 Å². The Balaban J connectivity index is 1.31. The van der Waals surface area contributed by atoms with Gasteiger partial charge in [0.05, 0.1) is 11.3 Å². The largest absolute Gasteiger partial charge is 0.416 e. The van der Waals surface area contributed by atoms with Gasteiger partial charge in [0.25, 0.3) is 5.91 Å². The summed E-state index contributed by atoms with van der Waals surface area (Å²) < 4.78 is 42.0. The Hall–Kier alpha value is -4.65. The first-order valence-corrected chi connectivity index (χ1v) is 13.9. The summed E-state index contributed by atoms with van der Waals surface area (Å²) in [6.45, 7) is 5.11. The van der Waals surface area contributed by atoms with E-state index >= 15 is 0 Å². The molecule has 0 radical (unpaired) electrons. The van der Waals surface area contributed by atoms with Crippen molar-refractivity contribution < 1.29 is 18.0 Å². The molecule has 9 heteroatoms. The molecule has 0 unspecified atom stereocenters. The van der Waals surface area contributed by atoms with Crippen molar-refractivity contribution in [3.8, 4) is 23.1 Å². The molecule has 3 aromatic carbocycles. The van der Waals surface area contributed by atoms with Gasteiger partial charge in [0, 0.05) is 72.5 Å². The number of benzene rings is 3. The number of hydrogen-bond acceptors (Lipinski definition) is 5. The van der Waals surface area contributed by atoms with Crippen LogP contribution in [0.25, 0.3) is 11.3 Å². The van der Waals surface area contributed by atoms with E-state index in [0.717, 1.165) is 36.0 Å². The number of nitrogens with one attached hydrogen (secondary N) is 1. The summed E-state index contributed by atoms with van der Waals surface area (Å²) in [5.41, 5.74) is 10.2. The number of halogens is 3. The first kappa shape index (κ1) is 29.8. The fourth-order valence-corrected chi connectivity index (χ4v) is 4.90. The SMILES string of the molecule is Cc1ccc(C(=O)Nc2ccc(CN3CCN(C)CC3)c(C(F)(F)F)c2)cc1C#Cc1ccc(-c2ccccc2N)nc1. The highest BCUT2D eigenvalue weighted by Gasteiger charge is 2.34. The third kappa shape index (κ3) is 7.41. The van der Waals surface area contributed by atoms with Crippen LogP contribution in [0.4, 0.5) is 24.5 Å². The van der Waals surface area contributed by atoms with Crippen molar-refractivity contribution in [1.82, 2.24) is 14.8 Å². The van der Waals surface area contributed by atoms with Crippen LogP contribution in [0.3, 0.4) is 0 Å². The highest BCUT2D eigenvalue weighted by atomic mass is 19.4. The molecule has 43 heavy (non-hydrogen) atoms. The van der Waals surface area contributed by atoms with E-state index in [9.17, 15) is 18.0 Å². The second-order valence-corrected chi connectivity index (χ2v) is 10.7. The number of alkyl halides is 3. The number of likely N-dealkylation sites (N-methyl/N-ethyl adjacent to an activating group) is 1. The summed E-state index contributed by atoms with van der Waals surface area (Å²) in [5, 5.41) is 2.63. The Bertz CT molecular complexity index is 1680. The third-order valence-electron chi connectivity index (χ3n) is 7.50. The Kier molecular flexibility index (Phi) is 8.81. The van der Waals surface area contributed by atoms with Gasteiger partial charge in [-0.3, -0.25) is 14.7 Å². The molecule has 1 amide bonds. The number of nitrogens with two attached hydrogens (primary N) is 1. The quantitative estimate of drug-likeness (QED) is 0.221. The molecule has 4 aromatic rings. The van der Waals surface area contributed by atoms with Crippen molar-refractivity contribution >= 4 is 17.3 Å². The third-order valence-corrected chi connectivity index (χ3v) is 7.50. The van der Waals surface area contributed by atoms with Crippen LogP contribution in [0.1, 0.15) is 38.2 Å². The predicted octanol–water partition coefficient (Wildman–Crippen LogP) is 6.06. The second-order valence-electron chi connectivity index (χ2n) is 10.7. The maximum atomic E-state index is 14.0. The van der Waals surface area contributed by atoms with Gasteiger partial charge >= 0.3 is 6.18 Å². The number of hydrogen-bond donors (Lipinski definition) is 2. The average Bonchev–Trinajstić information content (AvgIpc) is 2.98. The number of anilines is 2. The van der Waals surface area contributed by atoms with Crippen LogP contribution < -0.4 is 11.1 Å². The van der Waals surface area contributed by atoms with Gasteiger partial charge in [-0.05, 0) is 67.6 Å². The standard InChI is InChI=1S/C34H32F3N5O/c1-23-7-10-26(19-25(23)11-8-24-9-14-32(39-21-24)29-5-3-4-6-31(29)38)33(43)40-28-13-12-27(30(20-28)34(35,36)37)22-42-17-15-41(2)16-18-42/h3-7,9-10,12-14,19-21H,15-18,22,38H2,1-2H3,(H,40,43). The minimum Gasteiger partial charge on any atom is -0.398 e. The van der Waals surface area contributed by atoms with Gasteiger partial charge in [0.2, 0.25) is 0 Å². The normalized spacial score (nSPS) is 14.2. The number of amides is 1. The Labute approximate surface area is 249 Å². The lowest BCUT2D eigenvalue weighted by Crippen LogP contribution is -2.44. The molecule has 0 atom stereocenters. The maximum absolute atomic E-state index is 14.0. The number of nitrogens with zero attached hydrogens (tertiary/aromatic N) is 3. The lowest BCUT2D eigenvalue weighted by atomic mass is 10.0. The Morgan fingerprint density at radius 2 is 1.74 bits per heavy atom. The first-order chi connectivity index (χ1) is 20.6. The zero-order valence-corrected chi connectivity index (χ0v) is 24.0. The summed E-state index contributed by atoms with van der Waals surface area (Å²) >= 11 is 0. The zero-order chi connectivity index (χ0) is 30.6. The van der Waals surface area contributed by atoms with Crippen molar-refractivity contribution in [2.75, 3.05) is 44.3 Å². The Morgan fingerprint density at radius 1 is 0.977 bits per heavy atom.